The second-order valence-corrected chi connectivity index (χ2v) is 4.84. The first-order chi connectivity index (χ1) is 9.65. The second-order valence-electron chi connectivity index (χ2n) is 4.44. The van der Waals surface area contributed by atoms with Gasteiger partial charge in [-0.25, -0.2) is 4.39 Å². The zero-order valence-electron chi connectivity index (χ0n) is 11.5. The highest BCUT2D eigenvalue weighted by Crippen LogP contribution is 2.31. The van der Waals surface area contributed by atoms with Crippen molar-refractivity contribution in [3.8, 4) is 16.9 Å². The van der Waals surface area contributed by atoms with Crippen LogP contribution in [0.4, 0.5) is 4.39 Å². The Morgan fingerprint density at radius 2 is 1.85 bits per heavy atom. The van der Waals surface area contributed by atoms with Crippen molar-refractivity contribution in [2.45, 2.75) is 13.5 Å². The van der Waals surface area contributed by atoms with Crippen LogP contribution in [0.25, 0.3) is 11.1 Å². The average molecular weight is 294 g/mol. The van der Waals surface area contributed by atoms with Crippen LogP contribution in [0.3, 0.4) is 0 Å². The van der Waals surface area contributed by atoms with E-state index < -0.39 is 0 Å². The summed E-state index contributed by atoms with van der Waals surface area (Å²) in [7, 11) is 1.56. The minimum absolute atomic E-state index is 0.211. The number of methoxy groups -OCH3 is 1. The lowest BCUT2D eigenvalue weighted by atomic mass is 10.0. The molecule has 0 radical (unpaired) electrons. The van der Waals surface area contributed by atoms with E-state index in [1.165, 1.54) is 6.07 Å². The average Bonchev–Trinajstić information content (AvgIpc) is 2.46. The maximum atomic E-state index is 14.0. The number of rotatable bonds is 5. The van der Waals surface area contributed by atoms with Gasteiger partial charge in [-0.05, 0) is 35.9 Å². The van der Waals surface area contributed by atoms with Crippen LogP contribution in [0.2, 0.25) is 5.02 Å². The third-order valence-electron chi connectivity index (χ3n) is 3.10. The molecule has 0 saturated heterocycles. The van der Waals surface area contributed by atoms with E-state index in [1.807, 2.05) is 19.1 Å². The van der Waals surface area contributed by atoms with Gasteiger partial charge >= 0.3 is 0 Å². The summed E-state index contributed by atoms with van der Waals surface area (Å²) in [6.45, 7) is 3.34. The molecule has 0 aliphatic carbocycles. The molecule has 2 aromatic carbocycles. The van der Waals surface area contributed by atoms with Gasteiger partial charge in [-0.3, -0.25) is 0 Å². The predicted octanol–water partition coefficient (Wildman–Crippen LogP) is 4.26. The standard InChI is InChI=1S/C16H17ClFNO/c1-3-19-10-13-5-4-11(8-15(13)18)12-6-7-14(17)16(9-12)20-2/h4-9,19H,3,10H2,1-2H3. The summed E-state index contributed by atoms with van der Waals surface area (Å²) in [4.78, 5) is 0. The van der Waals surface area contributed by atoms with Crippen molar-refractivity contribution < 1.29 is 9.13 Å². The highest BCUT2D eigenvalue weighted by Gasteiger charge is 2.07. The van der Waals surface area contributed by atoms with E-state index >= 15 is 0 Å². The molecule has 20 heavy (non-hydrogen) atoms. The molecule has 0 spiro atoms. The summed E-state index contributed by atoms with van der Waals surface area (Å²) in [5.41, 5.74) is 2.34. The monoisotopic (exact) mass is 293 g/mol. The molecule has 0 heterocycles. The summed E-state index contributed by atoms with van der Waals surface area (Å²) in [6.07, 6.45) is 0. The Morgan fingerprint density at radius 1 is 1.15 bits per heavy atom. The fourth-order valence-electron chi connectivity index (χ4n) is 1.97. The maximum absolute atomic E-state index is 14.0. The van der Waals surface area contributed by atoms with Crippen molar-refractivity contribution in [1.82, 2.24) is 5.32 Å². The van der Waals surface area contributed by atoms with Crippen LogP contribution >= 0.6 is 11.6 Å². The molecule has 0 fully saturated rings. The molecule has 0 saturated carbocycles. The fourth-order valence-corrected chi connectivity index (χ4v) is 2.16. The minimum Gasteiger partial charge on any atom is -0.495 e. The first-order valence-electron chi connectivity index (χ1n) is 6.48. The van der Waals surface area contributed by atoms with Gasteiger partial charge in [0.15, 0.2) is 0 Å². The van der Waals surface area contributed by atoms with E-state index in [4.69, 9.17) is 16.3 Å². The molecule has 2 aromatic rings. The third-order valence-corrected chi connectivity index (χ3v) is 3.42. The summed E-state index contributed by atoms with van der Waals surface area (Å²) >= 11 is 5.99. The summed E-state index contributed by atoms with van der Waals surface area (Å²) in [5, 5.41) is 3.65. The summed E-state index contributed by atoms with van der Waals surface area (Å²) in [6, 6.07) is 10.6. The molecule has 2 nitrogen and oxygen atoms in total. The van der Waals surface area contributed by atoms with Crippen molar-refractivity contribution in [1.29, 1.82) is 0 Å². The lowest BCUT2D eigenvalue weighted by Gasteiger charge is -2.09. The van der Waals surface area contributed by atoms with Gasteiger partial charge in [0.25, 0.3) is 0 Å². The first kappa shape index (κ1) is 14.8. The Bertz CT molecular complexity index is 601. The number of nitrogens with one attached hydrogen (secondary N) is 1. The highest BCUT2D eigenvalue weighted by molar-refractivity contribution is 6.32. The zero-order chi connectivity index (χ0) is 14.5. The number of ether oxygens (including phenoxy) is 1. The lowest BCUT2D eigenvalue weighted by molar-refractivity contribution is 0.415. The summed E-state index contributed by atoms with van der Waals surface area (Å²) < 4.78 is 19.2. The van der Waals surface area contributed by atoms with Crippen molar-refractivity contribution >= 4 is 11.6 Å². The van der Waals surface area contributed by atoms with Crippen LogP contribution in [0.1, 0.15) is 12.5 Å². The Balaban J connectivity index is 2.31. The van der Waals surface area contributed by atoms with Gasteiger partial charge in [0.05, 0.1) is 12.1 Å². The number of hydrogen-bond donors (Lipinski definition) is 1. The maximum Gasteiger partial charge on any atom is 0.138 e. The van der Waals surface area contributed by atoms with Gasteiger partial charge in [0, 0.05) is 12.1 Å². The van der Waals surface area contributed by atoms with Gasteiger partial charge in [0.1, 0.15) is 11.6 Å². The molecule has 0 amide bonds. The molecule has 0 aliphatic heterocycles. The minimum atomic E-state index is -0.211. The highest BCUT2D eigenvalue weighted by atomic mass is 35.5. The van der Waals surface area contributed by atoms with Gasteiger partial charge in [-0.2, -0.15) is 0 Å². The Hall–Kier alpha value is -1.58. The van der Waals surface area contributed by atoms with Gasteiger partial charge in [0.2, 0.25) is 0 Å². The van der Waals surface area contributed by atoms with Crippen LogP contribution < -0.4 is 10.1 Å². The van der Waals surface area contributed by atoms with Gasteiger partial charge in [-0.15, -0.1) is 0 Å². The van der Waals surface area contributed by atoms with Crippen molar-refractivity contribution in [3.63, 3.8) is 0 Å². The van der Waals surface area contributed by atoms with Gasteiger partial charge in [-0.1, -0.05) is 36.7 Å². The molecule has 1 N–H and O–H groups in total. The lowest BCUT2D eigenvalue weighted by Crippen LogP contribution is -2.12. The SMILES string of the molecule is CCNCc1ccc(-c2ccc(Cl)c(OC)c2)cc1F. The molecular weight excluding hydrogens is 277 g/mol. The predicted molar refractivity (Wildman–Crippen MR) is 80.8 cm³/mol. The van der Waals surface area contributed by atoms with E-state index in [2.05, 4.69) is 5.32 Å². The number of hydrogen-bond acceptors (Lipinski definition) is 2. The second kappa shape index (κ2) is 6.73. The van der Waals surface area contributed by atoms with Crippen LogP contribution in [-0.4, -0.2) is 13.7 Å². The fraction of sp³-hybridized carbons (Fsp3) is 0.250. The number of benzene rings is 2. The van der Waals surface area contributed by atoms with Crippen LogP contribution in [0, 0.1) is 5.82 Å². The molecule has 106 valence electrons. The molecule has 0 unspecified atom stereocenters. The quantitative estimate of drug-likeness (QED) is 0.889. The third kappa shape index (κ3) is 3.30. The molecule has 0 atom stereocenters. The largest absolute Gasteiger partial charge is 0.495 e. The molecule has 2 rings (SSSR count). The smallest absolute Gasteiger partial charge is 0.138 e. The number of halogens is 2. The molecular formula is C16H17ClFNO. The van der Waals surface area contributed by atoms with Crippen molar-refractivity contribution in [3.05, 3.63) is 52.8 Å². The Labute approximate surface area is 123 Å². The normalized spacial score (nSPS) is 10.6. The zero-order valence-corrected chi connectivity index (χ0v) is 12.3. The molecule has 4 heteroatoms. The van der Waals surface area contributed by atoms with E-state index in [0.717, 1.165) is 17.7 Å². The van der Waals surface area contributed by atoms with Crippen LogP contribution in [0.5, 0.6) is 5.75 Å². The molecule has 0 bridgehead atoms. The summed E-state index contributed by atoms with van der Waals surface area (Å²) in [5.74, 6) is 0.374. The van der Waals surface area contributed by atoms with Crippen LogP contribution in [0.15, 0.2) is 36.4 Å². The van der Waals surface area contributed by atoms with Crippen molar-refractivity contribution in [2.75, 3.05) is 13.7 Å². The Morgan fingerprint density at radius 3 is 2.50 bits per heavy atom. The first-order valence-corrected chi connectivity index (χ1v) is 6.86. The molecule has 0 aromatic heterocycles. The van der Waals surface area contributed by atoms with E-state index in [0.29, 0.717) is 22.9 Å². The van der Waals surface area contributed by atoms with E-state index in [1.54, 1.807) is 25.3 Å². The van der Waals surface area contributed by atoms with E-state index in [9.17, 15) is 4.39 Å². The topological polar surface area (TPSA) is 21.3 Å². The van der Waals surface area contributed by atoms with Crippen LogP contribution in [-0.2, 0) is 6.54 Å². The van der Waals surface area contributed by atoms with Crippen molar-refractivity contribution in [2.24, 2.45) is 0 Å². The Kier molecular flexibility index (Phi) is 4.99. The van der Waals surface area contributed by atoms with Gasteiger partial charge < -0.3 is 10.1 Å². The van der Waals surface area contributed by atoms with E-state index in [-0.39, 0.29) is 5.82 Å². The molecule has 0 aliphatic rings.